The third kappa shape index (κ3) is 5.95. The minimum Gasteiger partial charge on any atom is -0.355 e. The van der Waals surface area contributed by atoms with Gasteiger partial charge in [-0.05, 0) is 36.6 Å². The van der Waals surface area contributed by atoms with Gasteiger partial charge in [0.1, 0.15) is 0 Å². The lowest BCUT2D eigenvalue weighted by Crippen LogP contribution is -2.51. The molecule has 1 aromatic rings. The molecule has 1 heterocycles. The molecule has 1 aliphatic rings. The van der Waals surface area contributed by atoms with Gasteiger partial charge in [0.05, 0.1) is 11.4 Å². The molecular weight excluding hydrogens is 362 g/mol. The number of benzene rings is 1. The highest BCUT2D eigenvalue weighted by molar-refractivity contribution is 7.89. The number of sulfonamides is 1. The highest BCUT2D eigenvalue weighted by Gasteiger charge is 2.28. The number of hydrogen-bond donors (Lipinski definition) is 1. The summed E-state index contributed by atoms with van der Waals surface area (Å²) in [5.74, 6) is 0.552. The first-order valence-electron chi connectivity index (χ1n) is 8.54. The van der Waals surface area contributed by atoms with Gasteiger partial charge in [0.2, 0.25) is 15.9 Å². The molecule has 1 fully saturated rings. The molecule has 1 aromatic carbocycles. The van der Waals surface area contributed by atoms with Crippen LogP contribution < -0.4 is 5.32 Å². The maximum atomic E-state index is 12.6. The fourth-order valence-electron chi connectivity index (χ4n) is 2.64. The number of halogens is 1. The molecule has 2 rings (SSSR count). The summed E-state index contributed by atoms with van der Waals surface area (Å²) in [6, 6.07) is 6.19. The van der Waals surface area contributed by atoms with Gasteiger partial charge in [-0.25, -0.2) is 8.42 Å². The Morgan fingerprint density at radius 3 is 2.32 bits per heavy atom. The Labute approximate surface area is 155 Å². The lowest BCUT2D eigenvalue weighted by atomic mass is 10.1. The topological polar surface area (TPSA) is 69.7 Å². The highest BCUT2D eigenvalue weighted by Crippen LogP contribution is 2.19. The molecule has 0 radical (unpaired) electrons. The second kappa shape index (κ2) is 8.98. The van der Waals surface area contributed by atoms with Crippen LogP contribution in [-0.2, 0) is 14.8 Å². The van der Waals surface area contributed by atoms with Crippen molar-refractivity contribution < 1.29 is 13.2 Å². The molecule has 0 unspecified atom stereocenters. The van der Waals surface area contributed by atoms with Gasteiger partial charge in [0.15, 0.2) is 0 Å². The second-order valence-corrected chi connectivity index (χ2v) is 9.04. The van der Waals surface area contributed by atoms with Crippen LogP contribution in [0.3, 0.4) is 0 Å². The van der Waals surface area contributed by atoms with Crippen molar-refractivity contribution in [3.63, 3.8) is 0 Å². The number of hydrogen-bond acceptors (Lipinski definition) is 4. The van der Waals surface area contributed by atoms with E-state index in [1.807, 2.05) is 4.90 Å². The van der Waals surface area contributed by atoms with Crippen molar-refractivity contribution >= 4 is 27.5 Å². The molecule has 8 heteroatoms. The SMILES string of the molecule is CC(C)CCNC(=O)CN1CCN(S(=O)(=O)c2ccc(Cl)cc2)CC1. The van der Waals surface area contributed by atoms with Crippen LogP contribution in [0.25, 0.3) is 0 Å². The minimum absolute atomic E-state index is 0.00495. The summed E-state index contributed by atoms with van der Waals surface area (Å²) in [7, 11) is -3.51. The quantitative estimate of drug-likeness (QED) is 0.774. The Kier molecular flexibility index (Phi) is 7.25. The first-order valence-corrected chi connectivity index (χ1v) is 10.4. The van der Waals surface area contributed by atoms with Gasteiger partial charge in [-0.2, -0.15) is 4.31 Å². The van der Waals surface area contributed by atoms with Gasteiger partial charge in [0, 0.05) is 37.7 Å². The molecule has 0 bridgehead atoms. The van der Waals surface area contributed by atoms with Crippen molar-refractivity contribution in [1.29, 1.82) is 0 Å². The number of carbonyl (C=O) groups is 1. The average Bonchev–Trinajstić information content (AvgIpc) is 2.55. The van der Waals surface area contributed by atoms with Crippen LogP contribution in [0, 0.1) is 5.92 Å². The van der Waals surface area contributed by atoms with E-state index < -0.39 is 10.0 Å². The van der Waals surface area contributed by atoms with E-state index in [0.717, 1.165) is 6.42 Å². The Bertz CT molecular complexity index is 669. The fraction of sp³-hybridized carbons (Fsp3) is 0.588. The van der Waals surface area contributed by atoms with E-state index >= 15 is 0 Å². The number of piperazine rings is 1. The summed E-state index contributed by atoms with van der Waals surface area (Å²) in [6.45, 7) is 7.08. The normalized spacial score (nSPS) is 17.0. The molecule has 0 aromatic heterocycles. The molecule has 1 N–H and O–H groups in total. The van der Waals surface area contributed by atoms with Gasteiger partial charge < -0.3 is 5.32 Å². The summed E-state index contributed by atoms with van der Waals surface area (Å²) in [4.78, 5) is 14.2. The van der Waals surface area contributed by atoms with E-state index in [4.69, 9.17) is 11.6 Å². The zero-order chi connectivity index (χ0) is 18.4. The number of amides is 1. The van der Waals surface area contributed by atoms with E-state index in [9.17, 15) is 13.2 Å². The molecule has 1 aliphatic heterocycles. The molecule has 0 aliphatic carbocycles. The molecule has 1 amide bonds. The molecule has 0 saturated carbocycles. The van der Waals surface area contributed by atoms with Crippen molar-refractivity contribution in [3.05, 3.63) is 29.3 Å². The van der Waals surface area contributed by atoms with Crippen LogP contribution in [0.4, 0.5) is 0 Å². The number of nitrogens with zero attached hydrogens (tertiary/aromatic N) is 2. The maximum Gasteiger partial charge on any atom is 0.243 e. The van der Waals surface area contributed by atoms with Gasteiger partial charge >= 0.3 is 0 Å². The lowest BCUT2D eigenvalue weighted by Gasteiger charge is -2.33. The summed E-state index contributed by atoms with van der Waals surface area (Å²) >= 11 is 5.82. The van der Waals surface area contributed by atoms with E-state index in [1.165, 1.54) is 16.4 Å². The van der Waals surface area contributed by atoms with Crippen LogP contribution in [0.15, 0.2) is 29.2 Å². The Morgan fingerprint density at radius 2 is 1.76 bits per heavy atom. The van der Waals surface area contributed by atoms with Crippen molar-refractivity contribution in [1.82, 2.24) is 14.5 Å². The number of rotatable bonds is 7. The largest absolute Gasteiger partial charge is 0.355 e. The zero-order valence-corrected chi connectivity index (χ0v) is 16.3. The summed E-state index contributed by atoms with van der Waals surface area (Å²) < 4.78 is 26.7. The predicted octanol–water partition coefficient (Wildman–Crippen LogP) is 1.81. The van der Waals surface area contributed by atoms with Crippen LogP contribution in [-0.4, -0.2) is 62.8 Å². The van der Waals surface area contributed by atoms with Crippen molar-refractivity contribution in [2.45, 2.75) is 25.2 Å². The number of carbonyl (C=O) groups excluding carboxylic acids is 1. The molecule has 0 atom stereocenters. The first-order chi connectivity index (χ1) is 11.8. The van der Waals surface area contributed by atoms with Gasteiger partial charge in [0.25, 0.3) is 0 Å². The van der Waals surface area contributed by atoms with Crippen molar-refractivity contribution in [2.75, 3.05) is 39.3 Å². The van der Waals surface area contributed by atoms with E-state index in [-0.39, 0.29) is 10.8 Å². The molecular formula is C17H26ClN3O3S. The van der Waals surface area contributed by atoms with Crippen molar-refractivity contribution in [2.24, 2.45) is 5.92 Å². The van der Waals surface area contributed by atoms with Crippen LogP contribution in [0.5, 0.6) is 0 Å². The standard InChI is InChI=1S/C17H26ClN3O3S/c1-14(2)7-8-19-17(22)13-20-9-11-21(12-10-20)25(23,24)16-5-3-15(18)4-6-16/h3-6,14H,7-13H2,1-2H3,(H,19,22). The molecule has 1 saturated heterocycles. The smallest absolute Gasteiger partial charge is 0.243 e. The van der Waals surface area contributed by atoms with E-state index in [1.54, 1.807) is 12.1 Å². The van der Waals surface area contributed by atoms with Crippen LogP contribution in [0.1, 0.15) is 20.3 Å². The van der Waals surface area contributed by atoms with Gasteiger partial charge in [-0.3, -0.25) is 9.69 Å². The molecule has 6 nitrogen and oxygen atoms in total. The minimum atomic E-state index is -3.51. The summed E-state index contributed by atoms with van der Waals surface area (Å²) in [6.07, 6.45) is 0.957. The van der Waals surface area contributed by atoms with E-state index in [2.05, 4.69) is 19.2 Å². The van der Waals surface area contributed by atoms with Crippen LogP contribution in [0.2, 0.25) is 5.02 Å². The van der Waals surface area contributed by atoms with Crippen molar-refractivity contribution in [3.8, 4) is 0 Å². The Hall–Kier alpha value is -1.15. The van der Waals surface area contributed by atoms with Gasteiger partial charge in [-0.15, -0.1) is 0 Å². The Balaban J connectivity index is 1.82. The average molecular weight is 388 g/mol. The second-order valence-electron chi connectivity index (χ2n) is 6.67. The highest BCUT2D eigenvalue weighted by atomic mass is 35.5. The first kappa shape index (κ1) is 20.2. The molecule has 0 spiro atoms. The van der Waals surface area contributed by atoms with Crippen LogP contribution >= 0.6 is 11.6 Å². The lowest BCUT2D eigenvalue weighted by molar-refractivity contribution is -0.122. The zero-order valence-electron chi connectivity index (χ0n) is 14.7. The maximum absolute atomic E-state index is 12.6. The fourth-order valence-corrected chi connectivity index (χ4v) is 4.19. The van der Waals surface area contributed by atoms with E-state index in [0.29, 0.717) is 50.2 Å². The third-order valence-electron chi connectivity index (χ3n) is 4.19. The number of nitrogens with one attached hydrogen (secondary N) is 1. The van der Waals surface area contributed by atoms with Gasteiger partial charge in [-0.1, -0.05) is 25.4 Å². The third-order valence-corrected chi connectivity index (χ3v) is 6.36. The molecule has 25 heavy (non-hydrogen) atoms. The summed E-state index contributed by atoms with van der Waals surface area (Å²) in [5.41, 5.74) is 0. The summed E-state index contributed by atoms with van der Waals surface area (Å²) in [5, 5.41) is 3.42. The molecule has 140 valence electrons. The predicted molar refractivity (Wildman–Crippen MR) is 99.1 cm³/mol. The monoisotopic (exact) mass is 387 g/mol. The Morgan fingerprint density at radius 1 is 1.16 bits per heavy atom.